The molecule has 0 saturated carbocycles. The van der Waals surface area contributed by atoms with Gasteiger partial charge in [-0.15, -0.1) is 0 Å². The van der Waals surface area contributed by atoms with Gasteiger partial charge >= 0.3 is 17.9 Å². The van der Waals surface area contributed by atoms with Crippen LogP contribution in [0.15, 0.2) is 0 Å². The summed E-state index contributed by atoms with van der Waals surface area (Å²) in [4.78, 5) is 32.6. The maximum atomic E-state index is 11.6. The van der Waals surface area contributed by atoms with Gasteiger partial charge in [-0.25, -0.2) is 13.1 Å². The molecular formula is C10H17NO8S. The van der Waals surface area contributed by atoms with Crippen LogP contribution in [0, 0.1) is 0 Å². The molecule has 0 unspecified atom stereocenters. The molecular weight excluding hydrogens is 294 g/mol. The number of carboxylic acid groups (broad SMARTS) is 1. The van der Waals surface area contributed by atoms with Gasteiger partial charge in [0.2, 0.25) is 10.0 Å². The topological polar surface area (TPSA) is 136 Å². The number of methoxy groups -OCH3 is 2. The number of rotatable bonds is 9. The van der Waals surface area contributed by atoms with Gasteiger partial charge in [-0.3, -0.25) is 14.4 Å². The Labute approximate surface area is 116 Å². The Kier molecular flexibility index (Phi) is 7.77. The summed E-state index contributed by atoms with van der Waals surface area (Å²) < 4.78 is 33.7. The van der Waals surface area contributed by atoms with Gasteiger partial charge in [0.1, 0.15) is 6.04 Å². The first-order valence-corrected chi connectivity index (χ1v) is 7.23. The zero-order chi connectivity index (χ0) is 15.8. The first-order chi connectivity index (χ1) is 9.21. The van der Waals surface area contributed by atoms with Crippen molar-refractivity contribution in [3.8, 4) is 0 Å². The number of carboxylic acids is 1. The van der Waals surface area contributed by atoms with Gasteiger partial charge < -0.3 is 14.6 Å². The molecule has 0 saturated heterocycles. The molecule has 0 spiro atoms. The van der Waals surface area contributed by atoms with Crippen LogP contribution >= 0.6 is 0 Å². The van der Waals surface area contributed by atoms with Gasteiger partial charge in [-0.2, -0.15) is 0 Å². The highest BCUT2D eigenvalue weighted by Crippen LogP contribution is 2.03. The maximum absolute atomic E-state index is 11.6. The molecule has 116 valence electrons. The number of hydrogen-bond donors (Lipinski definition) is 2. The highest BCUT2D eigenvalue weighted by molar-refractivity contribution is 7.89. The Morgan fingerprint density at radius 3 is 2.05 bits per heavy atom. The van der Waals surface area contributed by atoms with E-state index >= 15 is 0 Å². The minimum Gasteiger partial charge on any atom is -0.480 e. The molecule has 0 fully saturated rings. The summed E-state index contributed by atoms with van der Waals surface area (Å²) in [7, 11) is -1.72. The number of carbonyl (C=O) groups is 3. The van der Waals surface area contributed by atoms with Crippen LogP contribution in [0.5, 0.6) is 0 Å². The van der Waals surface area contributed by atoms with Crippen molar-refractivity contribution in [3.63, 3.8) is 0 Å². The van der Waals surface area contributed by atoms with Crippen molar-refractivity contribution in [2.45, 2.75) is 25.3 Å². The van der Waals surface area contributed by atoms with Crippen molar-refractivity contribution >= 4 is 27.9 Å². The fourth-order valence-electron chi connectivity index (χ4n) is 1.19. The van der Waals surface area contributed by atoms with E-state index in [4.69, 9.17) is 5.11 Å². The van der Waals surface area contributed by atoms with Crippen LogP contribution in [0.2, 0.25) is 0 Å². The zero-order valence-corrected chi connectivity index (χ0v) is 11.9. The molecule has 0 aromatic carbocycles. The summed E-state index contributed by atoms with van der Waals surface area (Å²) in [5, 5.41) is 8.88. The van der Waals surface area contributed by atoms with Crippen LogP contribution < -0.4 is 4.72 Å². The van der Waals surface area contributed by atoms with E-state index in [2.05, 4.69) is 9.47 Å². The van der Waals surface area contributed by atoms with Gasteiger partial charge in [0.05, 0.1) is 26.4 Å². The van der Waals surface area contributed by atoms with Gasteiger partial charge in [-0.05, 0) is 6.42 Å². The van der Waals surface area contributed by atoms with Crippen LogP contribution in [-0.4, -0.2) is 57.4 Å². The largest absolute Gasteiger partial charge is 0.480 e. The van der Waals surface area contributed by atoms with Crippen molar-refractivity contribution in [2.24, 2.45) is 0 Å². The van der Waals surface area contributed by atoms with Crippen molar-refractivity contribution in [2.75, 3.05) is 20.0 Å². The van der Waals surface area contributed by atoms with Crippen LogP contribution in [0.4, 0.5) is 0 Å². The van der Waals surface area contributed by atoms with Crippen molar-refractivity contribution < 1.29 is 37.4 Å². The molecule has 0 bridgehead atoms. The van der Waals surface area contributed by atoms with Gasteiger partial charge in [0, 0.05) is 6.42 Å². The fourth-order valence-corrected chi connectivity index (χ4v) is 2.40. The summed E-state index contributed by atoms with van der Waals surface area (Å²) in [6.07, 6.45) is -0.887. The van der Waals surface area contributed by atoms with E-state index in [0.29, 0.717) is 0 Å². The summed E-state index contributed by atoms with van der Waals surface area (Å²) >= 11 is 0. The Morgan fingerprint density at radius 1 is 1.10 bits per heavy atom. The Hall–Kier alpha value is -1.68. The molecule has 2 N–H and O–H groups in total. The van der Waals surface area contributed by atoms with Crippen molar-refractivity contribution in [3.05, 3.63) is 0 Å². The van der Waals surface area contributed by atoms with E-state index in [9.17, 15) is 22.8 Å². The molecule has 0 aliphatic carbocycles. The smallest absolute Gasteiger partial charge is 0.321 e. The van der Waals surface area contributed by atoms with Crippen LogP contribution in [-0.2, 0) is 33.9 Å². The SMILES string of the molecule is COC(=O)CC[C@@H](NS(=O)(=O)CCC(=O)OC)C(=O)O. The lowest BCUT2D eigenvalue weighted by molar-refractivity contribution is -0.142. The molecule has 10 heteroatoms. The van der Waals surface area contributed by atoms with Gasteiger partial charge in [-0.1, -0.05) is 0 Å². The normalized spacial score (nSPS) is 12.5. The summed E-state index contributed by atoms with van der Waals surface area (Å²) in [5.41, 5.74) is 0. The summed E-state index contributed by atoms with van der Waals surface area (Å²) in [6.45, 7) is 0. The monoisotopic (exact) mass is 311 g/mol. The molecule has 9 nitrogen and oxygen atoms in total. The van der Waals surface area contributed by atoms with Crippen molar-refractivity contribution in [1.82, 2.24) is 4.72 Å². The predicted octanol–water partition coefficient (Wildman–Crippen LogP) is -1.12. The van der Waals surface area contributed by atoms with Gasteiger partial charge in [0.25, 0.3) is 0 Å². The maximum Gasteiger partial charge on any atom is 0.321 e. The fraction of sp³-hybridized carbons (Fsp3) is 0.700. The Balaban J connectivity index is 4.53. The first kappa shape index (κ1) is 18.3. The molecule has 0 aliphatic heterocycles. The number of nitrogens with one attached hydrogen (secondary N) is 1. The predicted molar refractivity (Wildman–Crippen MR) is 66.2 cm³/mol. The lowest BCUT2D eigenvalue weighted by atomic mass is 10.2. The Morgan fingerprint density at radius 2 is 1.60 bits per heavy atom. The van der Waals surface area contributed by atoms with Crippen LogP contribution in [0.3, 0.4) is 0 Å². The second kappa shape index (κ2) is 8.48. The quantitative estimate of drug-likeness (QED) is 0.511. The van der Waals surface area contributed by atoms with Crippen LogP contribution in [0.25, 0.3) is 0 Å². The molecule has 0 aromatic rings. The third kappa shape index (κ3) is 7.69. The molecule has 0 aliphatic rings. The first-order valence-electron chi connectivity index (χ1n) is 5.58. The van der Waals surface area contributed by atoms with Crippen molar-refractivity contribution in [1.29, 1.82) is 0 Å². The highest BCUT2D eigenvalue weighted by Gasteiger charge is 2.25. The van der Waals surface area contributed by atoms with E-state index in [0.717, 1.165) is 14.2 Å². The van der Waals surface area contributed by atoms with E-state index in [1.54, 1.807) is 0 Å². The molecule has 0 aromatic heterocycles. The van der Waals surface area contributed by atoms with Gasteiger partial charge in [0.15, 0.2) is 0 Å². The number of hydrogen-bond acceptors (Lipinski definition) is 7. The number of esters is 2. The third-order valence-corrected chi connectivity index (χ3v) is 3.67. The number of ether oxygens (including phenoxy) is 2. The number of carbonyl (C=O) groups excluding carboxylic acids is 2. The minimum atomic E-state index is -3.97. The molecule has 0 radical (unpaired) electrons. The second-order valence-corrected chi connectivity index (χ2v) is 5.64. The summed E-state index contributed by atoms with van der Waals surface area (Å²) in [5.74, 6) is -3.39. The molecule has 0 amide bonds. The molecule has 0 heterocycles. The molecule has 20 heavy (non-hydrogen) atoms. The summed E-state index contributed by atoms with van der Waals surface area (Å²) in [6, 6.07) is -1.46. The van der Waals surface area contributed by atoms with E-state index < -0.39 is 46.1 Å². The van der Waals surface area contributed by atoms with Crippen LogP contribution in [0.1, 0.15) is 19.3 Å². The van der Waals surface area contributed by atoms with E-state index in [1.165, 1.54) is 0 Å². The lowest BCUT2D eigenvalue weighted by Crippen LogP contribution is -2.42. The number of aliphatic carboxylic acids is 1. The minimum absolute atomic E-state index is 0.243. The molecule has 1 atom stereocenters. The Bertz CT molecular complexity index is 458. The standard InChI is InChI=1S/C10H17NO8S/c1-18-8(12)4-3-7(10(14)15)11-20(16,17)6-5-9(13)19-2/h7,11H,3-6H2,1-2H3,(H,14,15)/t7-/m1/s1. The van der Waals surface area contributed by atoms with E-state index in [1.807, 2.05) is 4.72 Å². The number of sulfonamides is 1. The third-order valence-electron chi connectivity index (χ3n) is 2.29. The highest BCUT2D eigenvalue weighted by atomic mass is 32.2. The average Bonchev–Trinajstić information content (AvgIpc) is 2.39. The average molecular weight is 311 g/mol. The second-order valence-electron chi connectivity index (χ2n) is 3.77. The molecule has 0 rings (SSSR count). The lowest BCUT2D eigenvalue weighted by Gasteiger charge is -2.13. The zero-order valence-electron chi connectivity index (χ0n) is 11.1. The van der Waals surface area contributed by atoms with E-state index in [-0.39, 0.29) is 12.8 Å².